The van der Waals surface area contributed by atoms with Crippen LogP contribution >= 0.6 is 0 Å². The van der Waals surface area contributed by atoms with Crippen molar-refractivity contribution in [1.29, 1.82) is 0 Å². The van der Waals surface area contributed by atoms with Gasteiger partial charge in [0.1, 0.15) is 13.2 Å². The molecule has 0 radical (unpaired) electrons. The molecule has 0 heterocycles. The Hall–Kier alpha value is -0.370. The van der Waals surface area contributed by atoms with Gasteiger partial charge in [-0.05, 0) is 12.8 Å². The Labute approximate surface area is 139 Å². The summed E-state index contributed by atoms with van der Waals surface area (Å²) in [7, 11) is 7.59. The number of rotatable bonds is 10. The highest BCUT2D eigenvalue weighted by Gasteiger charge is 2.09. The number of ether oxygens (including phenoxy) is 2. The van der Waals surface area contributed by atoms with Crippen LogP contribution in [-0.2, 0) is 19.1 Å². The first-order chi connectivity index (χ1) is 8.85. The Kier molecular flexibility index (Phi) is 13.6. The Bertz CT molecular complexity index is 277. The molecule has 0 aromatic rings. The summed E-state index contributed by atoms with van der Waals surface area (Å²) in [5, 5.41) is 0. The topological polar surface area (TPSA) is 52.6 Å². The van der Waals surface area contributed by atoms with Crippen molar-refractivity contribution in [2.45, 2.75) is 38.5 Å². The molecule has 5 nitrogen and oxygen atoms in total. The number of esters is 2. The van der Waals surface area contributed by atoms with Crippen LogP contribution in [0.15, 0.2) is 0 Å². The number of carbonyl (C=O) groups is 2. The molecule has 120 valence electrons. The number of unbranched alkanes of at least 4 members (excludes halogenated alkanes) is 3. The van der Waals surface area contributed by atoms with E-state index in [2.05, 4.69) is 25.9 Å². The van der Waals surface area contributed by atoms with E-state index in [1.54, 1.807) is 0 Å². The van der Waals surface area contributed by atoms with Gasteiger partial charge in [-0.15, -0.1) is 0 Å². The first-order valence-electron chi connectivity index (χ1n) is 6.88. The van der Waals surface area contributed by atoms with Crippen molar-refractivity contribution in [2.75, 3.05) is 41.4 Å². The van der Waals surface area contributed by atoms with E-state index in [0.29, 0.717) is 19.4 Å². The number of hydrogen-bond acceptors (Lipinski definition) is 4. The number of carbonyl (C=O) groups excluding carboxylic acids is 2. The van der Waals surface area contributed by atoms with Crippen molar-refractivity contribution in [1.82, 2.24) is 0 Å². The average Bonchev–Trinajstić information content (AvgIpc) is 2.31. The van der Waals surface area contributed by atoms with Crippen molar-refractivity contribution in [3.63, 3.8) is 0 Å². The number of methoxy groups -OCH3 is 1. The zero-order valence-electron chi connectivity index (χ0n) is 13.1. The third-order valence-corrected chi connectivity index (χ3v) is 2.76. The normalized spacial score (nSPS) is 10.6. The van der Waals surface area contributed by atoms with Gasteiger partial charge >= 0.3 is 11.9 Å². The predicted molar refractivity (Wildman–Crippen MR) is 73.6 cm³/mol. The fourth-order valence-electron chi connectivity index (χ4n) is 1.50. The quantitative estimate of drug-likeness (QED) is 0.199. The molecule has 0 aromatic heterocycles. The lowest BCUT2D eigenvalue weighted by Gasteiger charge is -2.23. The highest BCUT2D eigenvalue weighted by atomic mass is 127. The molecule has 20 heavy (non-hydrogen) atoms. The van der Waals surface area contributed by atoms with E-state index in [9.17, 15) is 9.59 Å². The highest BCUT2D eigenvalue weighted by molar-refractivity contribution is 5.69. The maximum Gasteiger partial charge on any atom is 0.305 e. The zero-order valence-corrected chi connectivity index (χ0v) is 15.3. The third-order valence-electron chi connectivity index (χ3n) is 2.76. The first-order valence-corrected chi connectivity index (χ1v) is 6.88. The summed E-state index contributed by atoms with van der Waals surface area (Å²) in [4.78, 5) is 22.3. The fraction of sp³-hybridized carbons (Fsp3) is 0.857. The molecule has 0 aliphatic heterocycles. The molecule has 0 saturated carbocycles. The number of halogens is 1. The molecule has 0 unspecified atom stereocenters. The van der Waals surface area contributed by atoms with Crippen LogP contribution in [0.5, 0.6) is 0 Å². The van der Waals surface area contributed by atoms with Gasteiger partial charge < -0.3 is 37.9 Å². The van der Waals surface area contributed by atoms with Crippen molar-refractivity contribution in [3.8, 4) is 0 Å². The van der Waals surface area contributed by atoms with E-state index < -0.39 is 0 Å². The second-order valence-corrected chi connectivity index (χ2v) is 5.72. The lowest BCUT2D eigenvalue weighted by Crippen LogP contribution is -3.00. The summed E-state index contributed by atoms with van der Waals surface area (Å²) in [6, 6.07) is 0. The number of quaternary nitrogens is 1. The molecule has 0 bridgehead atoms. The van der Waals surface area contributed by atoms with Gasteiger partial charge in [-0.25, -0.2) is 0 Å². The van der Waals surface area contributed by atoms with Crippen LogP contribution in [-0.4, -0.2) is 57.8 Å². The van der Waals surface area contributed by atoms with Crippen LogP contribution in [0.1, 0.15) is 38.5 Å². The zero-order chi connectivity index (χ0) is 14.7. The maximum absolute atomic E-state index is 11.4. The lowest BCUT2D eigenvalue weighted by atomic mass is 10.1. The minimum Gasteiger partial charge on any atom is -1.00 e. The highest BCUT2D eigenvalue weighted by Crippen LogP contribution is 2.06. The van der Waals surface area contributed by atoms with Crippen molar-refractivity contribution in [3.05, 3.63) is 0 Å². The molecule has 0 aromatic carbocycles. The summed E-state index contributed by atoms with van der Waals surface area (Å²) in [6.45, 7) is 1.30. The smallest absolute Gasteiger partial charge is 0.305 e. The van der Waals surface area contributed by atoms with Crippen LogP contribution in [0, 0.1) is 0 Å². The second kappa shape index (κ2) is 12.4. The molecule has 0 aliphatic rings. The van der Waals surface area contributed by atoms with Gasteiger partial charge in [0.25, 0.3) is 0 Å². The van der Waals surface area contributed by atoms with Crippen LogP contribution < -0.4 is 24.0 Å². The number of hydrogen-bond donors (Lipinski definition) is 0. The molecule has 0 aliphatic carbocycles. The second-order valence-electron chi connectivity index (χ2n) is 5.72. The SMILES string of the molecule is COC(=O)CCCCCCC(=O)OCC[N+](C)(C)C.[I-]. The van der Waals surface area contributed by atoms with Crippen LogP contribution in [0.4, 0.5) is 0 Å². The van der Waals surface area contributed by atoms with Crippen molar-refractivity contribution >= 4 is 11.9 Å². The molecule has 0 saturated heterocycles. The van der Waals surface area contributed by atoms with Gasteiger partial charge in [0.05, 0.1) is 28.3 Å². The lowest BCUT2D eigenvalue weighted by molar-refractivity contribution is -0.870. The summed E-state index contributed by atoms with van der Waals surface area (Å²) < 4.78 is 10.5. The van der Waals surface area contributed by atoms with E-state index in [0.717, 1.165) is 36.7 Å². The molecule has 0 amide bonds. The van der Waals surface area contributed by atoms with Crippen LogP contribution in [0.3, 0.4) is 0 Å². The van der Waals surface area contributed by atoms with Gasteiger partial charge in [0.15, 0.2) is 0 Å². The minimum atomic E-state index is -0.167. The van der Waals surface area contributed by atoms with E-state index in [-0.39, 0.29) is 35.9 Å². The van der Waals surface area contributed by atoms with Gasteiger partial charge in [0, 0.05) is 12.8 Å². The fourth-order valence-corrected chi connectivity index (χ4v) is 1.50. The number of likely N-dealkylation sites (N-methyl/N-ethyl adjacent to an activating group) is 1. The minimum absolute atomic E-state index is 0. The molecule has 0 rings (SSSR count). The maximum atomic E-state index is 11.4. The average molecular weight is 401 g/mol. The molecule has 0 fully saturated rings. The first kappa shape index (κ1) is 21.9. The van der Waals surface area contributed by atoms with Gasteiger partial charge in [-0.1, -0.05) is 12.8 Å². The molecule has 0 atom stereocenters. The van der Waals surface area contributed by atoms with E-state index in [4.69, 9.17) is 4.74 Å². The molecular formula is C14H28INO4. The molecule has 6 heteroatoms. The summed E-state index contributed by atoms with van der Waals surface area (Å²) >= 11 is 0. The Morgan fingerprint density at radius 1 is 0.900 bits per heavy atom. The van der Waals surface area contributed by atoms with Crippen molar-refractivity contribution < 1.29 is 47.5 Å². The summed E-state index contributed by atoms with van der Waals surface area (Å²) in [5.41, 5.74) is 0. The van der Waals surface area contributed by atoms with E-state index in [1.165, 1.54) is 7.11 Å². The van der Waals surface area contributed by atoms with Crippen LogP contribution in [0.2, 0.25) is 0 Å². The number of nitrogens with zero attached hydrogens (tertiary/aromatic N) is 1. The van der Waals surface area contributed by atoms with E-state index >= 15 is 0 Å². The van der Waals surface area contributed by atoms with Gasteiger partial charge in [-0.2, -0.15) is 0 Å². The largest absolute Gasteiger partial charge is 1.00 e. The Morgan fingerprint density at radius 2 is 1.40 bits per heavy atom. The molecule has 0 N–H and O–H groups in total. The van der Waals surface area contributed by atoms with Crippen LogP contribution in [0.25, 0.3) is 0 Å². The molecule has 0 spiro atoms. The van der Waals surface area contributed by atoms with Gasteiger partial charge in [0.2, 0.25) is 0 Å². The summed E-state index contributed by atoms with van der Waals surface area (Å²) in [6.07, 6.45) is 4.47. The summed E-state index contributed by atoms with van der Waals surface area (Å²) in [5.74, 6) is -0.291. The standard InChI is InChI=1S/C14H28NO4.HI/c1-15(2,3)11-12-19-14(17)10-8-6-5-7-9-13(16)18-4;/h5-12H2,1-4H3;1H/q+1;/p-1. The third kappa shape index (κ3) is 15.7. The monoisotopic (exact) mass is 401 g/mol. The van der Waals surface area contributed by atoms with Crippen molar-refractivity contribution in [2.24, 2.45) is 0 Å². The predicted octanol–water partition coefficient (Wildman–Crippen LogP) is -1.25. The Balaban J connectivity index is 0. The Morgan fingerprint density at radius 3 is 1.85 bits per heavy atom. The molecular weight excluding hydrogens is 373 g/mol. The van der Waals surface area contributed by atoms with E-state index in [1.807, 2.05) is 0 Å². The van der Waals surface area contributed by atoms with Gasteiger partial charge in [-0.3, -0.25) is 9.59 Å².